The Balaban J connectivity index is 2.53. The average Bonchev–Trinajstić information content (AvgIpc) is 2.87. The second kappa shape index (κ2) is 5.47. The molecule has 1 aromatic heterocycles. The number of nitrogens with zero attached hydrogens (tertiary/aromatic N) is 1. The lowest BCUT2D eigenvalue weighted by molar-refractivity contribution is -0.384. The minimum atomic E-state index is -3.09. The maximum Gasteiger partial charge on any atom is 0.387 e. The number of alkyl halides is 2. The molecular weight excluding hydrogens is 276 g/mol. The van der Waals surface area contributed by atoms with E-state index in [1.807, 2.05) is 0 Å². The summed E-state index contributed by atoms with van der Waals surface area (Å²) in [5, 5.41) is 10.7. The summed E-state index contributed by atoms with van der Waals surface area (Å²) in [4.78, 5) is 20.6. The van der Waals surface area contributed by atoms with E-state index in [0.29, 0.717) is 6.29 Å². The van der Waals surface area contributed by atoms with Crippen molar-refractivity contribution < 1.29 is 27.7 Å². The van der Waals surface area contributed by atoms with Crippen molar-refractivity contribution in [3.05, 3.63) is 46.2 Å². The lowest BCUT2D eigenvalue weighted by Crippen LogP contribution is -2.03. The van der Waals surface area contributed by atoms with E-state index in [1.54, 1.807) is 0 Å². The van der Waals surface area contributed by atoms with Crippen LogP contribution in [0.1, 0.15) is 10.6 Å². The maximum absolute atomic E-state index is 12.3. The quantitative estimate of drug-likeness (QED) is 0.477. The summed E-state index contributed by atoms with van der Waals surface area (Å²) in [7, 11) is 0. The Kier molecular flexibility index (Phi) is 3.74. The summed E-state index contributed by atoms with van der Waals surface area (Å²) in [6, 6.07) is 5.76. The van der Waals surface area contributed by atoms with Gasteiger partial charge in [0.2, 0.25) is 0 Å². The number of hydrogen-bond donors (Lipinski definition) is 0. The number of aldehydes is 1. The molecule has 2 rings (SSSR count). The van der Waals surface area contributed by atoms with Crippen LogP contribution < -0.4 is 4.74 Å². The number of hydrogen-bond acceptors (Lipinski definition) is 5. The van der Waals surface area contributed by atoms with E-state index in [2.05, 4.69) is 4.74 Å². The predicted molar refractivity (Wildman–Crippen MR) is 62.8 cm³/mol. The van der Waals surface area contributed by atoms with E-state index in [4.69, 9.17) is 4.42 Å². The van der Waals surface area contributed by atoms with Crippen molar-refractivity contribution >= 4 is 12.0 Å². The highest BCUT2D eigenvalue weighted by molar-refractivity contribution is 5.75. The second-order valence-electron chi connectivity index (χ2n) is 3.64. The number of non-ortho nitro benzene ring substituents is 1. The number of carbonyl (C=O) groups excluding carboxylic acids is 1. The molecule has 104 valence electrons. The third-order valence-electron chi connectivity index (χ3n) is 2.40. The highest BCUT2D eigenvalue weighted by Gasteiger charge is 2.18. The van der Waals surface area contributed by atoms with Crippen molar-refractivity contribution in [1.82, 2.24) is 0 Å². The third-order valence-corrected chi connectivity index (χ3v) is 2.40. The molecule has 0 bridgehead atoms. The molecule has 0 aliphatic carbocycles. The van der Waals surface area contributed by atoms with Crippen molar-refractivity contribution in [3.63, 3.8) is 0 Å². The van der Waals surface area contributed by atoms with Gasteiger partial charge in [0.25, 0.3) is 5.69 Å². The Morgan fingerprint density at radius 1 is 1.30 bits per heavy atom. The van der Waals surface area contributed by atoms with Crippen molar-refractivity contribution in [2.24, 2.45) is 0 Å². The fourth-order valence-corrected chi connectivity index (χ4v) is 1.58. The first-order chi connectivity index (χ1) is 9.51. The summed E-state index contributed by atoms with van der Waals surface area (Å²) >= 11 is 0. The van der Waals surface area contributed by atoms with Crippen LogP contribution in [0.2, 0.25) is 0 Å². The molecule has 0 spiro atoms. The molecule has 0 aliphatic heterocycles. The first-order valence-corrected chi connectivity index (χ1v) is 5.30. The lowest BCUT2D eigenvalue weighted by atomic mass is 10.1. The Bertz CT molecular complexity index is 653. The molecule has 1 aromatic carbocycles. The Labute approximate surface area is 110 Å². The molecule has 20 heavy (non-hydrogen) atoms. The van der Waals surface area contributed by atoms with Crippen LogP contribution in [0.4, 0.5) is 14.5 Å². The number of halogens is 2. The summed E-state index contributed by atoms with van der Waals surface area (Å²) in [6.07, 6.45) is 0.425. The van der Waals surface area contributed by atoms with Gasteiger partial charge in [0.15, 0.2) is 12.0 Å². The van der Waals surface area contributed by atoms with Gasteiger partial charge in [0.1, 0.15) is 11.5 Å². The molecule has 0 saturated carbocycles. The fraction of sp³-hybridized carbons (Fsp3) is 0.0833. The smallest absolute Gasteiger partial charge is 0.387 e. The number of rotatable bonds is 5. The Morgan fingerprint density at radius 2 is 2.05 bits per heavy atom. The molecule has 2 aromatic rings. The van der Waals surface area contributed by atoms with Gasteiger partial charge >= 0.3 is 6.61 Å². The molecule has 1 heterocycles. The van der Waals surface area contributed by atoms with Gasteiger partial charge in [-0.2, -0.15) is 8.78 Å². The SMILES string of the molecule is O=Cc1ccc(-c2cc([N+](=O)[O-])ccc2OC(F)F)o1. The normalized spacial score (nSPS) is 10.6. The summed E-state index contributed by atoms with van der Waals surface area (Å²) in [5.74, 6) is -0.293. The van der Waals surface area contributed by atoms with Crippen LogP contribution in [0.3, 0.4) is 0 Å². The van der Waals surface area contributed by atoms with Crippen LogP contribution >= 0.6 is 0 Å². The zero-order valence-corrected chi connectivity index (χ0v) is 9.79. The Morgan fingerprint density at radius 3 is 2.60 bits per heavy atom. The molecule has 0 aliphatic rings. The summed E-state index contributed by atoms with van der Waals surface area (Å²) < 4.78 is 33.9. The minimum Gasteiger partial charge on any atom is -0.453 e. The van der Waals surface area contributed by atoms with E-state index < -0.39 is 11.5 Å². The first kappa shape index (κ1) is 13.7. The standard InChI is InChI=1S/C12H7F2NO5/c13-12(14)20-11-3-1-7(15(17)18)5-9(11)10-4-2-8(6-16)19-10/h1-6,12H. The molecule has 8 heteroatoms. The predicted octanol–water partition coefficient (Wildman–Crippen LogP) is 3.27. The van der Waals surface area contributed by atoms with E-state index in [1.165, 1.54) is 12.1 Å². The molecule has 0 amide bonds. The Hall–Kier alpha value is -2.77. The van der Waals surface area contributed by atoms with Crippen molar-refractivity contribution in [2.45, 2.75) is 6.61 Å². The van der Waals surface area contributed by atoms with Gasteiger partial charge in [-0.05, 0) is 18.2 Å². The minimum absolute atomic E-state index is 0.0199. The van der Waals surface area contributed by atoms with Gasteiger partial charge in [-0.3, -0.25) is 14.9 Å². The zero-order chi connectivity index (χ0) is 14.7. The monoisotopic (exact) mass is 283 g/mol. The molecule has 6 nitrogen and oxygen atoms in total. The maximum atomic E-state index is 12.3. The van der Waals surface area contributed by atoms with E-state index >= 15 is 0 Å². The van der Waals surface area contributed by atoms with Gasteiger partial charge < -0.3 is 9.15 Å². The number of nitro groups is 1. The largest absolute Gasteiger partial charge is 0.453 e. The van der Waals surface area contributed by atoms with Gasteiger partial charge in [-0.15, -0.1) is 0 Å². The van der Waals surface area contributed by atoms with Crippen LogP contribution in [-0.4, -0.2) is 17.8 Å². The molecule has 0 fully saturated rings. The van der Waals surface area contributed by atoms with Crippen molar-refractivity contribution in [2.75, 3.05) is 0 Å². The topological polar surface area (TPSA) is 82.6 Å². The molecule has 0 saturated heterocycles. The molecular formula is C12H7F2NO5. The third kappa shape index (κ3) is 2.79. The van der Waals surface area contributed by atoms with Gasteiger partial charge in [0.05, 0.1) is 10.5 Å². The number of benzene rings is 1. The van der Waals surface area contributed by atoms with E-state index in [-0.39, 0.29) is 28.5 Å². The van der Waals surface area contributed by atoms with Gasteiger partial charge in [0, 0.05) is 12.1 Å². The number of carbonyl (C=O) groups is 1. The number of nitro benzene ring substituents is 1. The highest BCUT2D eigenvalue weighted by atomic mass is 19.3. The van der Waals surface area contributed by atoms with E-state index in [0.717, 1.165) is 18.2 Å². The second-order valence-corrected chi connectivity index (χ2v) is 3.64. The number of furan rings is 1. The molecule has 0 unspecified atom stereocenters. The summed E-state index contributed by atoms with van der Waals surface area (Å²) in [5.41, 5.74) is -0.349. The zero-order valence-electron chi connectivity index (χ0n) is 9.79. The fourth-order valence-electron chi connectivity index (χ4n) is 1.58. The van der Waals surface area contributed by atoms with Gasteiger partial charge in [-0.1, -0.05) is 0 Å². The van der Waals surface area contributed by atoms with Crippen LogP contribution in [0.25, 0.3) is 11.3 Å². The van der Waals surface area contributed by atoms with Crippen LogP contribution in [-0.2, 0) is 0 Å². The summed E-state index contributed by atoms with van der Waals surface area (Å²) in [6.45, 7) is -3.09. The molecule has 0 radical (unpaired) electrons. The average molecular weight is 283 g/mol. The lowest BCUT2D eigenvalue weighted by Gasteiger charge is -2.08. The van der Waals surface area contributed by atoms with Crippen LogP contribution in [0.15, 0.2) is 34.7 Å². The van der Waals surface area contributed by atoms with Crippen LogP contribution in [0.5, 0.6) is 5.75 Å². The molecule has 0 atom stereocenters. The highest BCUT2D eigenvalue weighted by Crippen LogP contribution is 2.35. The van der Waals surface area contributed by atoms with E-state index in [9.17, 15) is 23.7 Å². The van der Waals surface area contributed by atoms with Crippen molar-refractivity contribution in [3.8, 4) is 17.1 Å². The van der Waals surface area contributed by atoms with Gasteiger partial charge in [-0.25, -0.2) is 0 Å². The number of ether oxygens (including phenoxy) is 1. The van der Waals surface area contributed by atoms with Crippen molar-refractivity contribution in [1.29, 1.82) is 0 Å². The molecule has 0 N–H and O–H groups in total. The first-order valence-electron chi connectivity index (χ1n) is 5.30. The van der Waals surface area contributed by atoms with Crippen LogP contribution in [0, 0.1) is 10.1 Å².